The highest BCUT2D eigenvalue weighted by Crippen LogP contribution is 2.45. The molecule has 2 aliphatic rings. The smallest absolute Gasteiger partial charge is 0.224 e. The van der Waals surface area contributed by atoms with Gasteiger partial charge in [0.1, 0.15) is 11.4 Å². The molecule has 1 fully saturated rings. The van der Waals surface area contributed by atoms with Gasteiger partial charge in [0.25, 0.3) is 0 Å². The third kappa shape index (κ3) is 4.22. The van der Waals surface area contributed by atoms with Crippen LogP contribution in [0.3, 0.4) is 0 Å². The first-order valence-electron chi connectivity index (χ1n) is 10.1. The van der Waals surface area contributed by atoms with Crippen LogP contribution in [-0.2, 0) is 28.0 Å². The van der Waals surface area contributed by atoms with E-state index in [1.54, 1.807) is 31.3 Å². The minimum atomic E-state index is -0.396. The first-order valence-corrected chi connectivity index (χ1v) is 10.9. The number of carbonyl (C=O) groups is 1. The van der Waals surface area contributed by atoms with Crippen molar-refractivity contribution in [3.63, 3.8) is 0 Å². The topological polar surface area (TPSA) is 41.6 Å². The fourth-order valence-corrected chi connectivity index (χ4v) is 5.68. The van der Waals surface area contributed by atoms with Crippen LogP contribution in [0.1, 0.15) is 28.8 Å². The third-order valence-electron chi connectivity index (χ3n) is 6.13. The van der Waals surface area contributed by atoms with Gasteiger partial charge < -0.3 is 15.0 Å². The van der Waals surface area contributed by atoms with Crippen molar-refractivity contribution in [1.82, 2.24) is 10.2 Å². The van der Waals surface area contributed by atoms with E-state index in [1.165, 1.54) is 17.4 Å². The molecule has 0 unspecified atom stereocenters. The summed E-state index contributed by atoms with van der Waals surface area (Å²) in [4.78, 5) is 15.7. The number of benzene rings is 1. The fourth-order valence-electron chi connectivity index (χ4n) is 4.54. The Kier molecular flexibility index (Phi) is 5.99. The van der Waals surface area contributed by atoms with E-state index < -0.39 is 5.60 Å². The van der Waals surface area contributed by atoms with Crippen molar-refractivity contribution in [3.05, 3.63) is 57.3 Å². The molecule has 7 heteroatoms. The summed E-state index contributed by atoms with van der Waals surface area (Å²) < 4.78 is 34.1. The van der Waals surface area contributed by atoms with Gasteiger partial charge in [0, 0.05) is 31.6 Å². The molecule has 156 valence electrons. The lowest BCUT2D eigenvalue weighted by atomic mass is 9.85. The predicted molar refractivity (Wildman–Crippen MR) is 109 cm³/mol. The Morgan fingerprint density at radius 3 is 2.79 bits per heavy atom. The van der Waals surface area contributed by atoms with Crippen molar-refractivity contribution in [1.29, 1.82) is 0 Å². The lowest BCUT2D eigenvalue weighted by Gasteiger charge is -2.44. The van der Waals surface area contributed by atoms with Gasteiger partial charge >= 0.3 is 0 Å². The first-order chi connectivity index (χ1) is 14.0. The Morgan fingerprint density at radius 1 is 1.31 bits per heavy atom. The van der Waals surface area contributed by atoms with Crippen molar-refractivity contribution in [2.24, 2.45) is 5.92 Å². The molecule has 2 aliphatic heterocycles. The van der Waals surface area contributed by atoms with E-state index in [9.17, 15) is 13.6 Å². The molecule has 1 aromatic carbocycles. The summed E-state index contributed by atoms with van der Waals surface area (Å²) in [6.45, 7) is 2.72. The zero-order valence-electron chi connectivity index (χ0n) is 16.5. The van der Waals surface area contributed by atoms with Crippen LogP contribution in [0.5, 0.6) is 0 Å². The summed E-state index contributed by atoms with van der Waals surface area (Å²) in [6, 6.07) is 8.26. The largest absolute Gasteiger partial charge is 0.369 e. The third-order valence-corrected chi connectivity index (χ3v) is 7.28. The predicted octanol–water partition coefficient (Wildman–Crippen LogP) is 3.50. The zero-order chi connectivity index (χ0) is 20.4. The summed E-state index contributed by atoms with van der Waals surface area (Å²) in [5.74, 6) is -0.681. The Morgan fingerprint density at radius 2 is 2.07 bits per heavy atom. The van der Waals surface area contributed by atoms with Crippen molar-refractivity contribution in [2.45, 2.75) is 31.3 Å². The number of nitrogens with one attached hydrogen (secondary N) is 1. The molecule has 1 aromatic heterocycles. The second-order valence-electron chi connectivity index (χ2n) is 7.90. The normalized spacial score (nSPS) is 19.7. The van der Waals surface area contributed by atoms with Crippen LogP contribution >= 0.6 is 11.3 Å². The van der Waals surface area contributed by atoms with Gasteiger partial charge in [-0.3, -0.25) is 4.79 Å². The maximum Gasteiger partial charge on any atom is 0.224 e. The van der Waals surface area contributed by atoms with E-state index in [0.717, 1.165) is 42.8 Å². The van der Waals surface area contributed by atoms with Gasteiger partial charge in [-0.2, -0.15) is 4.39 Å². The van der Waals surface area contributed by atoms with Gasteiger partial charge in [-0.05, 0) is 48.9 Å². The van der Waals surface area contributed by atoms with Crippen molar-refractivity contribution in [3.8, 4) is 0 Å². The van der Waals surface area contributed by atoms with Gasteiger partial charge in [-0.15, -0.1) is 11.3 Å². The van der Waals surface area contributed by atoms with Crippen LogP contribution in [0.15, 0.2) is 30.3 Å². The van der Waals surface area contributed by atoms with Crippen LogP contribution in [0.4, 0.5) is 8.78 Å². The summed E-state index contributed by atoms with van der Waals surface area (Å²) in [6.07, 6.45) is 2.69. The molecule has 1 spiro atoms. The molecule has 0 saturated carbocycles. The standard InChI is InChI=1S/C22H26F2N2O2S/c1-25-21(27)17(12-15-4-2-3-5-18(15)23)14-26-9-7-22(8-10-26)20-16(6-11-28-22)13-19(24)29-20/h2-5,13,17H,6-12,14H2,1H3,(H,25,27)/t17-/m0/s1. The second kappa shape index (κ2) is 8.50. The molecular weight excluding hydrogens is 394 g/mol. The van der Waals surface area contributed by atoms with Gasteiger partial charge in [-0.25, -0.2) is 4.39 Å². The van der Waals surface area contributed by atoms with E-state index in [-0.39, 0.29) is 22.8 Å². The average molecular weight is 421 g/mol. The zero-order valence-corrected chi connectivity index (χ0v) is 17.4. The molecule has 3 heterocycles. The van der Waals surface area contributed by atoms with Crippen LogP contribution in [0.25, 0.3) is 0 Å². The highest BCUT2D eigenvalue weighted by atomic mass is 32.1. The van der Waals surface area contributed by atoms with E-state index in [4.69, 9.17) is 4.74 Å². The van der Waals surface area contributed by atoms with Crippen LogP contribution in [-0.4, -0.2) is 44.1 Å². The number of fused-ring (bicyclic) bond motifs is 2. The highest BCUT2D eigenvalue weighted by Gasteiger charge is 2.43. The minimum Gasteiger partial charge on any atom is -0.369 e. The maximum atomic E-state index is 14.1. The number of halogens is 2. The summed E-state index contributed by atoms with van der Waals surface area (Å²) in [5, 5.41) is 2.57. The number of ether oxygens (including phenoxy) is 1. The number of thiophene rings is 1. The summed E-state index contributed by atoms with van der Waals surface area (Å²) in [7, 11) is 1.62. The molecule has 1 saturated heterocycles. The lowest BCUT2D eigenvalue weighted by Crippen LogP contribution is -2.48. The number of hydrogen-bond donors (Lipinski definition) is 1. The average Bonchev–Trinajstić information content (AvgIpc) is 3.12. The fraction of sp³-hybridized carbons (Fsp3) is 0.500. The summed E-state index contributed by atoms with van der Waals surface area (Å²) in [5.41, 5.74) is 1.24. The molecule has 4 rings (SSSR count). The molecule has 1 atom stereocenters. The van der Waals surface area contributed by atoms with Gasteiger partial charge in [0.15, 0.2) is 5.13 Å². The molecule has 29 heavy (non-hydrogen) atoms. The Bertz CT molecular complexity index is 877. The van der Waals surface area contributed by atoms with E-state index >= 15 is 0 Å². The van der Waals surface area contributed by atoms with Crippen molar-refractivity contribution >= 4 is 17.2 Å². The number of likely N-dealkylation sites (tertiary alicyclic amines) is 1. The molecule has 2 aromatic rings. The number of carbonyl (C=O) groups excluding carboxylic acids is 1. The minimum absolute atomic E-state index is 0.0786. The molecule has 1 amide bonds. The number of hydrogen-bond acceptors (Lipinski definition) is 4. The van der Waals surface area contributed by atoms with Crippen LogP contribution in [0.2, 0.25) is 0 Å². The first kappa shape index (κ1) is 20.4. The van der Waals surface area contributed by atoms with Gasteiger partial charge in [0.05, 0.1) is 12.5 Å². The molecule has 0 bridgehead atoms. The Balaban J connectivity index is 1.43. The number of piperidine rings is 1. The van der Waals surface area contributed by atoms with E-state index in [0.29, 0.717) is 25.1 Å². The lowest BCUT2D eigenvalue weighted by molar-refractivity contribution is -0.126. The van der Waals surface area contributed by atoms with Crippen molar-refractivity contribution < 1.29 is 18.3 Å². The SMILES string of the molecule is CNC(=O)[C@@H](Cc1ccccc1F)CN1CCC2(CC1)OCCc1cc(F)sc12. The van der Waals surface area contributed by atoms with Crippen LogP contribution < -0.4 is 5.32 Å². The highest BCUT2D eigenvalue weighted by molar-refractivity contribution is 7.10. The van der Waals surface area contributed by atoms with Crippen molar-refractivity contribution in [2.75, 3.05) is 33.3 Å². The molecule has 0 aliphatic carbocycles. The van der Waals surface area contributed by atoms with E-state index in [1.807, 2.05) is 0 Å². The maximum absolute atomic E-state index is 14.1. The number of rotatable bonds is 5. The number of nitrogens with zero attached hydrogens (tertiary/aromatic N) is 1. The monoisotopic (exact) mass is 420 g/mol. The van der Waals surface area contributed by atoms with E-state index in [2.05, 4.69) is 10.2 Å². The second-order valence-corrected chi connectivity index (χ2v) is 8.91. The Hall–Kier alpha value is -1.83. The molecule has 0 radical (unpaired) electrons. The van der Waals surface area contributed by atoms with Crippen LogP contribution in [0, 0.1) is 16.9 Å². The molecular formula is C22H26F2N2O2S. The molecule has 4 nitrogen and oxygen atoms in total. The quantitative estimate of drug-likeness (QED) is 0.805. The molecule has 1 N–H and O–H groups in total. The summed E-state index contributed by atoms with van der Waals surface area (Å²) >= 11 is 1.21. The number of amides is 1. The van der Waals surface area contributed by atoms with Gasteiger partial charge in [0.2, 0.25) is 5.91 Å². The Labute approximate surface area is 173 Å². The van der Waals surface area contributed by atoms with Gasteiger partial charge in [-0.1, -0.05) is 18.2 Å².